The standard InChI is InChI=1S/C23H28N6O2/c1-5-18-21(15(2)31-27-18)23(30)29-12-6-7-17(14-29)19-13-20(28(3)4)26-22(25-19)16-8-10-24-11-9-16/h8-11,13,17H,5-7,12,14H2,1-4H3. The number of rotatable bonds is 5. The number of anilines is 1. The van der Waals surface area contributed by atoms with E-state index in [2.05, 4.69) is 10.1 Å². The third-order valence-corrected chi connectivity index (χ3v) is 5.74. The van der Waals surface area contributed by atoms with Crippen molar-refractivity contribution in [3.05, 3.63) is 53.3 Å². The van der Waals surface area contributed by atoms with Gasteiger partial charge in [0.1, 0.15) is 17.1 Å². The van der Waals surface area contributed by atoms with Crippen LogP contribution >= 0.6 is 0 Å². The molecule has 0 saturated carbocycles. The second-order valence-corrected chi connectivity index (χ2v) is 8.11. The number of aromatic nitrogens is 4. The van der Waals surface area contributed by atoms with E-state index in [1.165, 1.54) is 0 Å². The van der Waals surface area contributed by atoms with E-state index in [9.17, 15) is 4.79 Å². The van der Waals surface area contributed by atoms with Gasteiger partial charge in [-0.2, -0.15) is 0 Å². The lowest BCUT2D eigenvalue weighted by Gasteiger charge is -2.33. The Kier molecular flexibility index (Phi) is 5.97. The van der Waals surface area contributed by atoms with Gasteiger partial charge in [0.25, 0.3) is 5.91 Å². The van der Waals surface area contributed by atoms with Crippen molar-refractivity contribution in [3.63, 3.8) is 0 Å². The molecular weight excluding hydrogens is 392 g/mol. The van der Waals surface area contributed by atoms with Crippen molar-refractivity contribution < 1.29 is 9.32 Å². The first kappa shape index (κ1) is 21.0. The molecule has 1 aliphatic heterocycles. The molecule has 4 heterocycles. The molecule has 8 nitrogen and oxygen atoms in total. The first-order chi connectivity index (χ1) is 15.0. The molecular formula is C23H28N6O2. The summed E-state index contributed by atoms with van der Waals surface area (Å²) in [4.78, 5) is 30.9. The summed E-state index contributed by atoms with van der Waals surface area (Å²) >= 11 is 0. The fraction of sp³-hybridized carbons (Fsp3) is 0.435. The van der Waals surface area contributed by atoms with Crippen molar-refractivity contribution in [2.24, 2.45) is 0 Å². The number of pyridine rings is 1. The number of piperidine rings is 1. The van der Waals surface area contributed by atoms with Gasteiger partial charge in [0, 0.05) is 57.1 Å². The van der Waals surface area contributed by atoms with Crippen LogP contribution in [-0.4, -0.2) is 58.1 Å². The van der Waals surface area contributed by atoms with Crippen LogP contribution in [0.5, 0.6) is 0 Å². The number of carbonyl (C=O) groups is 1. The maximum atomic E-state index is 13.3. The lowest BCUT2D eigenvalue weighted by molar-refractivity contribution is 0.0703. The second kappa shape index (κ2) is 8.83. The summed E-state index contributed by atoms with van der Waals surface area (Å²) < 4.78 is 5.29. The summed E-state index contributed by atoms with van der Waals surface area (Å²) in [5, 5.41) is 4.05. The zero-order valence-electron chi connectivity index (χ0n) is 18.5. The van der Waals surface area contributed by atoms with Crippen molar-refractivity contribution in [3.8, 4) is 11.4 Å². The summed E-state index contributed by atoms with van der Waals surface area (Å²) in [6.45, 7) is 5.13. The molecule has 3 aromatic rings. The van der Waals surface area contributed by atoms with Crippen molar-refractivity contribution in [2.75, 3.05) is 32.1 Å². The van der Waals surface area contributed by atoms with Crippen LogP contribution < -0.4 is 4.90 Å². The maximum absolute atomic E-state index is 13.3. The van der Waals surface area contributed by atoms with Gasteiger partial charge >= 0.3 is 0 Å². The Bertz CT molecular complexity index is 1060. The van der Waals surface area contributed by atoms with E-state index in [0.29, 0.717) is 30.1 Å². The minimum Gasteiger partial charge on any atom is -0.363 e. The van der Waals surface area contributed by atoms with Crippen LogP contribution in [0.4, 0.5) is 5.82 Å². The lowest BCUT2D eigenvalue weighted by Crippen LogP contribution is -2.39. The molecule has 0 spiro atoms. The van der Waals surface area contributed by atoms with Crippen molar-refractivity contribution in [2.45, 2.75) is 39.0 Å². The van der Waals surface area contributed by atoms with Gasteiger partial charge in [0.2, 0.25) is 0 Å². The second-order valence-electron chi connectivity index (χ2n) is 8.11. The molecule has 3 aromatic heterocycles. The SMILES string of the molecule is CCc1noc(C)c1C(=O)N1CCCC(c2cc(N(C)C)nc(-c3ccncc3)n2)C1. The van der Waals surface area contributed by atoms with Crippen LogP contribution in [0.3, 0.4) is 0 Å². The first-order valence-electron chi connectivity index (χ1n) is 10.7. The highest BCUT2D eigenvalue weighted by atomic mass is 16.5. The van der Waals surface area contributed by atoms with Crippen molar-refractivity contribution in [1.29, 1.82) is 0 Å². The van der Waals surface area contributed by atoms with Gasteiger partial charge in [0.05, 0.1) is 11.4 Å². The van der Waals surface area contributed by atoms with E-state index in [0.717, 1.165) is 42.2 Å². The Labute approximate surface area is 182 Å². The molecule has 0 N–H and O–H groups in total. The number of aryl methyl sites for hydroxylation is 2. The average Bonchev–Trinajstić information content (AvgIpc) is 3.19. The molecule has 31 heavy (non-hydrogen) atoms. The number of hydrogen-bond donors (Lipinski definition) is 0. The quantitative estimate of drug-likeness (QED) is 0.624. The molecule has 0 aliphatic carbocycles. The van der Waals surface area contributed by atoms with Gasteiger partial charge in [-0.25, -0.2) is 9.97 Å². The molecule has 0 bridgehead atoms. The summed E-state index contributed by atoms with van der Waals surface area (Å²) in [5.74, 6) is 2.25. The minimum atomic E-state index is -0.00320. The molecule has 1 amide bonds. The van der Waals surface area contributed by atoms with Gasteiger partial charge in [-0.15, -0.1) is 0 Å². The van der Waals surface area contributed by atoms with Crippen LogP contribution in [0.15, 0.2) is 35.1 Å². The normalized spacial score (nSPS) is 16.4. The zero-order valence-corrected chi connectivity index (χ0v) is 18.5. The molecule has 0 radical (unpaired) electrons. The molecule has 1 aliphatic rings. The molecule has 1 saturated heterocycles. The Balaban J connectivity index is 1.64. The summed E-state index contributed by atoms with van der Waals surface area (Å²) in [7, 11) is 3.94. The van der Waals surface area contributed by atoms with Gasteiger partial charge in [-0.05, 0) is 38.3 Å². The van der Waals surface area contributed by atoms with Gasteiger partial charge in [-0.1, -0.05) is 12.1 Å². The van der Waals surface area contributed by atoms with Crippen LogP contribution in [0.2, 0.25) is 0 Å². The topological polar surface area (TPSA) is 88.3 Å². The molecule has 1 fully saturated rings. The fourth-order valence-electron chi connectivity index (χ4n) is 4.02. The third kappa shape index (κ3) is 4.28. The van der Waals surface area contributed by atoms with Gasteiger partial charge in [0.15, 0.2) is 5.82 Å². The van der Waals surface area contributed by atoms with Crippen molar-refractivity contribution in [1.82, 2.24) is 25.0 Å². The number of likely N-dealkylation sites (tertiary alicyclic amines) is 1. The number of nitrogens with zero attached hydrogens (tertiary/aromatic N) is 6. The predicted octanol–water partition coefficient (Wildman–Crippen LogP) is 3.48. The Morgan fingerprint density at radius 2 is 2.03 bits per heavy atom. The van der Waals surface area contributed by atoms with E-state index >= 15 is 0 Å². The number of carbonyl (C=O) groups excluding carboxylic acids is 1. The summed E-state index contributed by atoms with van der Waals surface area (Å²) in [6, 6.07) is 5.86. The largest absolute Gasteiger partial charge is 0.363 e. The smallest absolute Gasteiger partial charge is 0.259 e. The number of hydrogen-bond acceptors (Lipinski definition) is 7. The van der Waals surface area contributed by atoms with Crippen LogP contribution in [0.1, 0.15) is 53.2 Å². The Morgan fingerprint density at radius 3 is 2.74 bits per heavy atom. The van der Waals surface area contributed by atoms with Crippen LogP contribution in [0, 0.1) is 6.92 Å². The van der Waals surface area contributed by atoms with Crippen LogP contribution in [-0.2, 0) is 6.42 Å². The zero-order chi connectivity index (χ0) is 22.0. The third-order valence-electron chi connectivity index (χ3n) is 5.74. The highest BCUT2D eigenvalue weighted by Crippen LogP contribution is 2.30. The van der Waals surface area contributed by atoms with Crippen LogP contribution in [0.25, 0.3) is 11.4 Å². The monoisotopic (exact) mass is 420 g/mol. The summed E-state index contributed by atoms with van der Waals surface area (Å²) in [6.07, 6.45) is 6.06. The molecule has 1 atom stereocenters. The minimum absolute atomic E-state index is 0.00320. The molecule has 0 aromatic carbocycles. The molecule has 162 valence electrons. The molecule has 1 unspecified atom stereocenters. The number of amides is 1. The van der Waals surface area contributed by atoms with E-state index in [-0.39, 0.29) is 11.8 Å². The molecule has 4 rings (SSSR count). The predicted molar refractivity (Wildman–Crippen MR) is 118 cm³/mol. The first-order valence-corrected chi connectivity index (χ1v) is 10.7. The van der Waals surface area contributed by atoms with Crippen molar-refractivity contribution >= 4 is 11.7 Å². The summed E-state index contributed by atoms with van der Waals surface area (Å²) in [5.41, 5.74) is 3.22. The maximum Gasteiger partial charge on any atom is 0.259 e. The van der Waals surface area contributed by atoms with E-state index in [1.807, 2.05) is 49.0 Å². The Morgan fingerprint density at radius 1 is 1.26 bits per heavy atom. The van der Waals surface area contributed by atoms with E-state index < -0.39 is 0 Å². The molecule has 8 heteroatoms. The highest BCUT2D eigenvalue weighted by molar-refractivity contribution is 5.96. The lowest BCUT2D eigenvalue weighted by atomic mass is 9.93. The van der Waals surface area contributed by atoms with Gasteiger partial charge < -0.3 is 14.3 Å². The van der Waals surface area contributed by atoms with E-state index in [1.54, 1.807) is 19.3 Å². The fourth-order valence-corrected chi connectivity index (χ4v) is 4.02. The highest BCUT2D eigenvalue weighted by Gasteiger charge is 2.30. The average molecular weight is 421 g/mol. The van der Waals surface area contributed by atoms with E-state index in [4.69, 9.17) is 14.5 Å². The van der Waals surface area contributed by atoms with Gasteiger partial charge in [-0.3, -0.25) is 9.78 Å². The Hall–Kier alpha value is -3.29.